The van der Waals surface area contributed by atoms with E-state index in [4.69, 9.17) is 0 Å². The Hall–Kier alpha value is -2.83. The highest BCUT2D eigenvalue weighted by Gasteiger charge is 2.11. The van der Waals surface area contributed by atoms with Crippen LogP contribution in [-0.2, 0) is 11.3 Å². The van der Waals surface area contributed by atoms with Crippen molar-refractivity contribution >= 4 is 11.8 Å². The number of amides is 2. The maximum Gasteiger partial charge on any atom is 0.251 e. The molecule has 4 nitrogen and oxygen atoms in total. The van der Waals surface area contributed by atoms with Gasteiger partial charge in [-0.15, -0.1) is 0 Å². The van der Waals surface area contributed by atoms with Crippen molar-refractivity contribution in [1.82, 2.24) is 10.6 Å². The predicted octanol–water partition coefficient (Wildman–Crippen LogP) is 2.15. The average Bonchev–Trinajstić information content (AvgIpc) is 2.54. The quantitative estimate of drug-likeness (QED) is 0.886. The van der Waals surface area contributed by atoms with Crippen LogP contribution in [0, 0.1) is 17.5 Å². The van der Waals surface area contributed by atoms with Gasteiger partial charge in [0.05, 0.1) is 6.54 Å². The van der Waals surface area contributed by atoms with Crippen LogP contribution in [0.5, 0.6) is 0 Å². The molecule has 0 aromatic heterocycles. The van der Waals surface area contributed by atoms with Crippen LogP contribution >= 0.6 is 0 Å². The van der Waals surface area contributed by atoms with Crippen molar-refractivity contribution in [3.05, 3.63) is 71.0 Å². The Kier molecular flexibility index (Phi) is 5.35. The summed E-state index contributed by atoms with van der Waals surface area (Å²) in [5, 5.41) is 4.70. The van der Waals surface area contributed by atoms with E-state index in [2.05, 4.69) is 10.6 Å². The first-order valence-corrected chi connectivity index (χ1v) is 6.70. The zero-order chi connectivity index (χ0) is 16.8. The lowest BCUT2D eigenvalue weighted by Gasteiger charge is -2.08. The lowest BCUT2D eigenvalue weighted by Crippen LogP contribution is -2.36. The van der Waals surface area contributed by atoms with Crippen LogP contribution < -0.4 is 10.6 Å². The van der Waals surface area contributed by atoms with Crippen LogP contribution in [0.15, 0.2) is 42.5 Å². The lowest BCUT2D eigenvalue weighted by molar-refractivity contribution is -0.120. The number of halogens is 3. The van der Waals surface area contributed by atoms with Crippen LogP contribution in [-0.4, -0.2) is 18.4 Å². The molecule has 0 aliphatic rings. The highest BCUT2D eigenvalue weighted by molar-refractivity contribution is 5.96. The van der Waals surface area contributed by atoms with Gasteiger partial charge in [-0.2, -0.15) is 0 Å². The summed E-state index contributed by atoms with van der Waals surface area (Å²) >= 11 is 0. The summed E-state index contributed by atoms with van der Waals surface area (Å²) in [6.07, 6.45) is 0. The van der Waals surface area contributed by atoms with Crippen molar-refractivity contribution in [2.24, 2.45) is 0 Å². The maximum atomic E-state index is 13.4. The maximum absolute atomic E-state index is 13.4. The van der Waals surface area contributed by atoms with Gasteiger partial charge in [-0.25, -0.2) is 13.2 Å². The van der Waals surface area contributed by atoms with E-state index >= 15 is 0 Å². The number of carbonyl (C=O) groups is 2. The first-order chi connectivity index (χ1) is 11.0. The van der Waals surface area contributed by atoms with E-state index in [1.165, 1.54) is 18.2 Å². The standard InChI is InChI=1S/C16H13F3N2O2/c17-12-4-2-1-3-11(12)8-20-15(22)9-21-16(23)10-5-6-13(18)14(19)7-10/h1-7H,8-9H2,(H,20,22)(H,21,23). The van der Waals surface area contributed by atoms with E-state index in [-0.39, 0.29) is 18.7 Å². The molecule has 2 aromatic rings. The Bertz CT molecular complexity index is 735. The number of hydrogen-bond acceptors (Lipinski definition) is 2. The summed E-state index contributed by atoms with van der Waals surface area (Å²) in [4.78, 5) is 23.3. The Balaban J connectivity index is 1.83. The van der Waals surface area contributed by atoms with Gasteiger partial charge in [-0.1, -0.05) is 18.2 Å². The predicted molar refractivity (Wildman–Crippen MR) is 76.9 cm³/mol. The third-order valence-electron chi connectivity index (χ3n) is 3.03. The molecule has 2 rings (SSSR count). The molecule has 0 spiro atoms. The topological polar surface area (TPSA) is 58.2 Å². The summed E-state index contributed by atoms with van der Waals surface area (Å²) in [7, 11) is 0. The van der Waals surface area contributed by atoms with E-state index in [9.17, 15) is 22.8 Å². The molecule has 0 atom stereocenters. The molecule has 0 aliphatic heterocycles. The van der Waals surface area contributed by atoms with Gasteiger partial charge in [-0.05, 0) is 24.3 Å². The van der Waals surface area contributed by atoms with Gasteiger partial charge >= 0.3 is 0 Å². The molecule has 0 saturated heterocycles. The minimum atomic E-state index is -1.15. The lowest BCUT2D eigenvalue weighted by atomic mass is 10.2. The fourth-order valence-corrected chi connectivity index (χ4v) is 1.80. The van der Waals surface area contributed by atoms with E-state index in [1.54, 1.807) is 6.07 Å². The number of hydrogen-bond donors (Lipinski definition) is 2. The molecular formula is C16H13F3N2O2. The second-order valence-electron chi connectivity index (χ2n) is 4.68. The summed E-state index contributed by atoms with van der Waals surface area (Å²) in [6, 6.07) is 8.62. The molecule has 0 radical (unpaired) electrons. The fourth-order valence-electron chi connectivity index (χ4n) is 1.80. The van der Waals surface area contributed by atoms with Gasteiger partial charge in [0.15, 0.2) is 11.6 Å². The second-order valence-corrected chi connectivity index (χ2v) is 4.68. The van der Waals surface area contributed by atoms with E-state index in [1.807, 2.05) is 0 Å². The van der Waals surface area contributed by atoms with Gasteiger partial charge in [0.1, 0.15) is 5.82 Å². The summed E-state index contributed by atoms with van der Waals surface area (Å²) in [5.74, 6) is -3.92. The second kappa shape index (κ2) is 7.44. The number of benzene rings is 2. The van der Waals surface area contributed by atoms with Crippen molar-refractivity contribution in [2.45, 2.75) is 6.54 Å². The van der Waals surface area contributed by atoms with Gasteiger partial charge < -0.3 is 10.6 Å². The van der Waals surface area contributed by atoms with Crippen molar-refractivity contribution in [1.29, 1.82) is 0 Å². The molecule has 2 N–H and O–H groups in total. The van der Waals surface area contributed by atoms with E-state index in [0.29, 0.717) is 5.56 Å². The Morgan fingerprint density at radius 3 is 2.30 bits per heavy atom. The average molecular weight is 322 g/mol. The molecule has 0 fully saturated rings. The molecule has 0 aliphatic carbocycles. The monoisotopic (exact) mass is 322 g/mol. The van der Waals surface area contributed by atoms with Crippen molar-refractivity contribution < 1.29 is 22.8 Å². The molecule has 0 bridgehead atoms. The number of nitrogens with one attached hydrogen (secondary N) is 2. The molecule has 120 valence electrons. The zero-order valence-corrected chi connectivity index (χ0v) is 11.9. The minimum absolute atomic E-state index is 0.0213. The van der Waals surface area contributed by atoms with Crippen molar-refractivity contribution in [3.63, 3.8) is 0 Å². The van der Waals surface area contributed by atoms with Crippen LogP contribution in [0.1, 0.15) is 15.9 Å². The number of carbonyl (C=O) groups excluding carboxylic acids is 2. The summed E-state index contributed by atoms with van der Waals surface area (Å²) < 4.78 is 39.1. The summed E-state index contributed by atoms with van der Waals surface area (Å²) in [6.45, 7) is -0.390. The molecule has 0 heterocycles. The zero-order valence-electron chi connectivity index (χ0n) is 11.9. The first kappa shape index (κ1) is 16.5. The highest BCUT2D eigenvalue weighted by Crippen LogP contribution is 2.08. The Morgan fingerprint density at radius 2 is 1.61 bits per heavy atom. The SMILES string of the molecule is O=C(CNC(=O)c1ccc(F)c(F)c1)NCc1ccccc1F. The van der Waals surface area contributed by atoms with Crippen LogP contribution in [0.2, 0.25) is 0 Å². The first-order valence-electron chi connectivity index (χ1n) is 6.70. The number of rotatable bonds is 5. The van der Waals surface area contributed by atoms with E-state index in [0.717, 1.165) is 18.2 Å². The molecule has 0 unspecified atom stereocenters. The molecule has 2 aromatic carbocycles. The molecule has 7 heteroatoms. The largest absolute Gasteiger partial charge is 0.350 e. The normalized spacial score (nSPS) is 10.2. The third-order valence-corrected chi connectivity index (χ3v) is 3.03. The smallest absolute Gasteiger partial charge is 0.251 e. The van der Waals surface area contributed by atoms with E-state index < -0.39 is 29.3 Å². The molecule has 0 saturated carbocycles. The van der Waals surface area contributed by atoms with Crippen LogP contribution in [0.25, 0.3) is 0 Å². The van der Waals surface area contributed by atoms with Gasteiger partial charge in [-0.3, -0.25) is 9.59 Å². The van der Waals surface area contributed by atoms with Crippen molar-refractivity contribution in [3.8, 4) is 0 Å². The molecule has 23 heavy (non-hydrogen) atoms. The third kappa shape index (κ3) is 4.57. The van der Waals surface area contributed by atoms with Crippen LogP contribution in [0.4, 0.5) is 13.2 Å². The van der Waals surface area contributed by atoms with Crippen LogP contribution in [0.3, 0.4) is 0 Å². The van der Waals surface area contributed by atoms with Crippen molar-refractivity contribution in [2.75, 3.05) is 6.54 Å². The van der Waals surface area contributed by atoms with Gasteiger partial charge in [0, 0.05) is 17.7 Å². The minimum Gasteiger partial charge on any atom is -0.350 e. The highest BCUT2D eigenvalue weighted by atomic mass is 19.2. The Labute approximate surface area is 130 Å². The fraction of sp³-hybridized carbons (Fsp3) is 0.125. The molecule has 2 amide bonds. The Morgan fingerprint density at radius 1 is 0.870 bits per heavy atom. The van der Waals surface area contributed by atoms with Gasteiger partial charge in [0.2, 0.25) is 5.91 Å². The molecular weight excluding hydrogens is 309 g/mol. The summed E-state index contributed by atoms with van der Waals surface area (Å²) in [5.41, 5.74) is 0.207. The van der Waals surface area contributed by atoms with Gasteiger partial charge in [0.25, 0.3) is 5.91 Å².